The Labute approximate surface area is 172 Å². The maximum absolute atomic E-state index is 14.5. The highest BCUT2D eigenvalue weighted by Crippen LogP contribution is 2.31. The Kier molecular flexibility index (Phi) is 4.68. The molecule has 7 heteroatoms. The Hall–Kier alpha value is -3.48. The third-order valence-electron chi connectivity index (χ3n) is 4.58. The summed E-state index contributed by atoms with van der Waals surface area (Å²) >= 11 is 0. The molecule has 0 aliphatic carbocycles. The second-order valence-corrected chi connectivity index (χ2v) is 8.17. The minimum Gasteiger partial charge on any atom is -0.456 e. The van der Waals surface area contributed by atoms with E-state index in [0.29, 0.717) is 11.3 Å². The van der Waals surface area contributed by atoms with Crippen LogP contribution in [0.3, 0.4) is 0 Å². The minimum absolute atomic E-state index is 0.119. The quantitative estimate of drug-likeness (QED) is 0.395. The molecule has 6 nitrogen and oxygen atoms in total. The molecule has 0 saturated heterocycles. The predicted octanol–water partition coefficient (Wildman–Crippen LogP) is 5.86. The van der Waals surface area contributed by atoms with Gasteiger partial charge >= 0.3 is 5.97 Å². The number of fused-ring (bicyclic) bond motifs is 1. The van der Waals surface area contributed by atoms with Crippen LogP contribution in [0.2, 0.25) is 0 Å². The average Bonchev–Trinajstić information content (AvgIpc) is 3.31. The monoisotopic (exact) mass is 408 g/mol. The lowest BCUT2D eigenvalue weighted by atomic mass is 10.1. The summed E-state index contributed by atoms with van der Waals surface area (Å²) in [5.41, 5.74) is 2.33. The Morgan fingerprint density at radius 3 is 2.47 bits per heavy atom. The maximum atomic E-state index is 14.5. The van der Waals surface area contributed by atoms with E-state index in [2.05, 4.69) is 10.1 Å². The summed E-state index contributed by atoms with van der Waals surface area (Å²) in [6, 6.07) is 9.92. The second-order valence-electron chi connectivity index (χ2n) is 8.17. The van der Waals surface area contributed by atoms with Crippen LogP contribution in [0.15, 0.2) is 45.3 Å². The molecule has 0 N–H and O–H groups in total. The highest BCUT2D eigenvalue weighted by atomic mass is 19.1. The van der Waals surface area contributed by atoms with E-state index >= 15 is 0 Å². The van der Waals surface area contributed by atoms with Crippen LogP contribution in [0.1, 0.15) is 42.3 Å². The van der Waals surface area contributed by atoms with Gasteiger partial charge in [0.2, 0.25) is 5.82 Å². The molecule has 0 radical (unpaired) electrons. The van der Waals surface area contributed by atoms with E-state index < -0.39 is 17.4 Å². The van der Waals surface area contributed by atoms with Crippen molar-refractivity contribution in [1.82, 2.24) is 10.1 Å². The highest BCUT2D eigenvalue weighted by molar-refractivity contribution is 5.90. The largest absolute Gasteiger partial charge is 0.456 e. The third-order valence-corrected chi connectivity index (χ3v) is 4.58. The van der Waals surface area contributed by atoms with Gasteiger partial charge in [0.25, 0.3) is 5.89 Å². The van der Waals surface area contributed by atoms with Gasteiger partial charge in [-0.2, -0.15) is 4.98 Å². The van der Waals surface area contributed by atoms with Crippen molar-refractivity contribution in [3.8, 4) is 23.0 Å². The van der Waals surface area contributed by atoms with Crippen molar-refractivity contribution in [2.45, 2.75) is 40.2 Å². The van der Waals surface area contributed by atoms with E-state index in [1.165, 1.54) is 18.2 Å². The van der Waals surface area contributed by atoms with Crippen LogP contribution < -0.4 is 0 Å². The van der Waals surface area contributed by atoms with E-state index in [4.69, 9.17) is 13.7 Å². The van der Waals surface area contributed by atoms with Crippen molar-refractivity contribution < 1.29 is 22.9 Å². The number of ether oxygens (including phenoxy) is 1. The number of hydrogen-bond acceptors (Lipinski definition) is 6. The van der Waals surface area contributed by atoms with Crippen molar-refractivity contribution in [2.24, 2.45) is 0 Å². The number of furan rings is 1. The van der Waals surface area contributed by atoms with Gasteiger partial charge in [0.05, 0.1) is 5.56 Å². The average molecular weight is 408 g/mol. The first kappa shape index (κ1) is 19.8. The molecule has 0 aliphatic heterocycles. The number of halogens is 1. The lowest BCUT2D eigenvalue weighted by molar-refractivity contribution is 0.00647. The number of aromatic nitrogens is 2. The zero-order chi connectivity index (χ0) is 21.6. The summed E-state index contributed by atoms with van der Waals surface area (Å²) < 4.78 is 30.9. The van der Waals surface area contributed by atoms with Crippen molar-refractivity contribution in [1.29, 1.82) is 0 Å². The summed E-state index contributed by atoms with van der Waals surface area (Å²) in [5.74, 6) is -0.615. The molecule has 2 aromatic carbocycles. The Balaban J connectivity index is 1.65. The van der Waals surface area contributed by atoms with Crippen LogP contribution in [-0.4, -0.2) is 21.7 Å². The lowest BCUT2D eigenvalue weighted by Crippen LogP contribution is -2.24. The van der Waals surface area contributed by atoms with Crippen LogP contribution in [0, 0.1) is 19.7 Å². The Bertz CT molecular complexity index is 1230. The molecule has 0 amide bonds. The summed E-state index contributed by atoms with van der Waals surface area (Å²) in [5, 5.41) is 4.94. The van der Waals surface area contributed by atoms with Crippen LogP contribution in [-0.2, 0) is 4.74 Å². The van der Waals surface area contributed by atoms with Gasteiger partial charge in [-0.15, -0.1) is 0 Å². The molecule has 0 saturated carbocycles. The molecule has 30 heavy (non-hydrogen) atoms. The van der Waals surface area contributed by atoms with Crippen LogP contribution in [0.5, 0.6) is 0 Å². The number of rotatable bonds is 3. The van der Waals surface area contributed by atoms with Gasteiger partial charge < -0.3 is 13.7 Å². The van der Waals surface area contributed by atoms with E-state index in [1.54, 1.807) is 20.8 Å². The first-order valence-corrected chi connectivity index (χ1v) is 9.49. The van der Waals surface area contributed by atoms with Crippen LogP contribution in [0.25, 0.3) is 34.0 Å². The fraction of sp³-hybridized carbons (Fsp3) is 0.261. The standard InChI is InChI=1S/C23H21FN2O4/c1-12-6-7-13(2)19-16(12)11-18(28-19)20-25-21(30-26-20)14-8-9-15(17(24)10-14)22(27)29-23(3,4)5/h6-11H,1-5H3. The summed E-state index contributed by atoms with van der Waals surface area (Å²) in [7, 11) is 0. The predicted molar refractivity (Wildman–Crippen MR) is 110 cm³/mol. The number of benzene rings is 2. The summed E-state index contributed by atoms with van der Waals surface area (Å²) in [6.07, 6.45) is 0. The van der Waals surface area contributed by atoms with E-state index in [9.17, 15) is 9.18 Å². The van der Waals surface area contributed by atoms with Crippen molar-refractivity contribution in [3.63, 3.8) is 0 Å². The van der Waals surface area contributed by atoms with Gasteiger partial charge in [0.1, 0.15) is 17.0 Å². The number of nitrogens with zero attached hydrogens (tertiary/aromatic N) is 2. The molecule has 2 heterocycles. The number of hydrogen-bond donors (Lipinski definition) is 0. The lowest BCUT2D eigenvalue weighted by Gasteiger charge is -2.19. The first-order valence-electron chi connectivity index (χ1n) is 9.49. The van der Waals surface area contributed by atoms with Crippen LogP contribution in [0.4, 0.5) is 4.39 Å². The van der Waals surface area contributed by atoms with Gasteiger partial charge in [-0.1, -0.05) is 17.3 Å². The van der Waals surface area contributed by atoms with Gasteiger partial charge in [0, 0.05) is 10.9 Å². The molecule has 0 unspecified atom stereocenters. The zero-order valence-electron chi connectivity index (χ0n) is 17.4. The molecule has 0 aliphatic rings. The molecule has 0 atom stereocenters. The fourth-order valence-corrected chi connectivity index (χ4v) is 3.09. The molecular weight excluding hydrogens is 387 g/mol. The maximum Gasteiger partial charge on any atom is 0.341 e. The van der Waals surface area contributed by atoms with E-state index in [0.717, 1.165) is 22.1 Å². The number of aryl methyl sites for hydroxylation is 2. The van der Waals surface area contributed by atoms with Gasteiger partial charge in [-0.25, -0.2) is 9.18 Å². The third kappa shape index (κ3) is 3.70. The van der Waals surface area contributed by atoms with E-state index in [-0.39, 0.29) is 17.3 Å². The van der Waals surface area contributed by atoms with Gasteiger partial charge in [-0.05, 0) is 70.0 Å². The number of carbonyl (C=O) groups is 1. The summed E-state index contributed by atoms with van der Waals surface area (Å²) in [4.78, 5) is 16.5. The van der Waals surface area contributed by atoms with Crippen LogP contribution >= 0.6 is 0 Å². The van der Waals surface area contributed by atoms with Gasteiger partial charge in [-0.3, -0.25) is 0 Å². The molecule has 4 rings (SSSR count). The van der Waals surface area contributed by atoms with Crippen molar-refractivity contribution in [3.05, 3.63) is 58.9 Å². The molecule has 4 aromatic rings. The normalized spacial score (nSPS) is 11.8. The van der Waals surface area contributed by atoms with Gasteiger partial charge in [0.15, 0.2) is 5.76 Å². The molecule has 0 spiro atoms. The molecule has 2 aromatic heterocycles. The zero-order valence-corrected chi connectivity index (χ0v) is 17.4. The topological polar surface area (TPSA) is 78.4 Å². The van der Waals surface area contributed by atoms with Crippen molar-refractivity contribution >= 4 is 16.9 Å². The number of esters is 1. The summed E-state index contributed by atoms with van der Waals surface area (Å²) in [6.45, 7) is 9.12. The molecule has 0 bridgehead atoms. The fourth-order valence-electron chi connectivity index (χ4n) is 3.09. The van der Waals surface area contributed by atoms with E-state index in [1.807, 2.05) is 32.0 Å². The number of carbonyl (C=O) groups excluding carboxylic acids is 1. The Morgan fingerprint density at radius 1 is 1.07 bits per heavy atom. The minimum atomic E-state index is -0.731. The SMILES string of the molecule is Cc1ccc(C)c2oc(-c3noc(-c4ccc(C(=O)OC(C)(C)C)c(F)c4)n3)cc12. The second kappa shape index (κ2) is 7.09. The first-order chi connectivity index (χ1) is 14.1. The molecule has 154 valence electrons. The Morgan fingerprint density at radius 2 is 1.80 bits per heavy atom. The smallest absolute Gasteiger partial charge is 0.341 e. The van der Waals surface area contributed by atoms with Crippen molar-refractivity contribution in [2.75, 3.05) is 0 Å². The highest BCUT2D eigenvalue weighted by Gasteiger charge is 2.22. The molecular formula is C23H21FN2O4. The molecule has 0 fully saturated rings.